The van der Waals surface area contributed by atoms with E-state index in [9.17, 15) is 18.0 Å². The van der Waals surface area contributed by atoms with Gasteiger partial charge in [0.1, 0.15) is 6.04 Å². The first-order valence-corrected chi connectivity index (χ1v) is 6.39. The van der Waals surface area contributed by atoms with Crippen molar-refractivity contribution in [3.63, 3.8) is 0 Å². The van der Waals surface area contributed by atoms with E-state index in [0.29, 0.717) is 19.6 Å². The van der Waals surface area contributed by atoms with Gasteiger partial charge in [-0.25, -0.2) is 13.2 Å². The highest BCUT2D eigenvalue weighted by molar-refractivity contribution is 5.81. The van der Waals surface area contributed by atoms with E-state index in [4.69, 9.17) is 5.73 Å². The normalized spacial score (nSPS) is 18.6. The molecule has 1 saturated heterocycles. The molecule has 1 aliphatic rings. The summed E-state index contributed by atoms with van der Waals surface area (Å²) in [6.07, 6.45) is 0.788. The molecule has 1 aliphatic heterocycles. The van der Waals surface area contributed by atoms with E-state index in [1.807, 2.05) is 0 Å². The molecule has 1 atom stereocenters. The molecule has 1 aromatic rings. The Hall–Kier alpha value is -1.60. The van der Waals surface area contributed by atoms with E-state index in [1.54, 1.807) is 4.90 Å². The molecule has 0 aromatic heterocycles. The molecule has 0 spiro atoms. The quantitative estimate of drug-likeness (QED) is 0.813. The van der Waals surface area contributed by atoms with E-state index in [2.05, 4.69) is 5.32 Å². The van der Waals surface area contributed by atoms with Crippen molar-refractivity contribution in [2.45, 2.75) is 12.5 Å². The highest BCUT2D eigenvalue weighted by Gasteiger charge is 2.28. The van der Waals surface area contributed by atoms with Gasteiger partial charge in [0, 0.05) is 19.6 Å². The highest BCUT2D eigenvalue weighted by atomic mass is 19.2. The average Bonchev–Trinajstić information content (AvgIpc) is 2.64. The molecule has 1 fully saturated rings. The van der Waals surface area contributed by atoms with Crippen LogP contribution in [0.5, 0.6) is 0 Å². The van der Waals surface area contributed by atoms with Crippen molar-refractivity contribution < 1.29 is 18.0 Å². The SMILES string of the molecule is NC(=O)C(c1cc(F)c(F)c(F)c1)N1CCCNCC1. The van der Waals surface area contributed by atoms with Crippen LogP contribution in [0.15, 0.2) is 12.1 Å². The smallest absolute Gasteiger partial charge is 0.239 e. The van der Waals surface area contributed by atoms with Crippen LogP contribution in [0.25, 0.3) is 0 Å². The number of carbonyl (C=O) groups excluding carboxylic acids is 1. The predicted molar refractivity (Wildman–Crippen MR) is 67.3 cm³/mol. The van der Waals surface area contributed by atoms with Crippen molar-refractivity contribution in [1.82, 2.24) is 10.2 Å². The molecule has 1 heterocycles. The van der Waals surface area contributed by atoms with Gasteiger partial charge in [-0.05, 0) is 30.7 Å². The molecule has 110 valence electrons. The minimum Gasteiger partial charge on any atom is -0.368 e. The molecular formula is C13H16F3N3O. The number of hydrogen-bond acceptors (Lipinski definition) is 3. The van der Waals surface area contributed by atoms with E-state index >= 15 is 0 Å². The molecule has 1 unspecified atom stereocenters. The Morgan fingerprint density at radius 3 is 2.45 bits per heavy atom. The van der Waals surface area contributed by atoms with Gasteiger partial charge in [-0.15, -0.1) is 0 Å². The molecule has 4 nitrogen and oxygen atoms in total. The third kappa shape index (κ3) is 3.10. The lowest BCUT2D eigenvalue weighted by atomic mass is 10.0. The van der Waals surface area contributed by atoms with Gasteiger partial charge >= 0.3 is 0 Å². The summed E-state index contributed by atoms with van der Waals surface area (Å²) in [6.45, 7) is 2.54. The first-order chi connectivity index (χ1) is 9.50. The zero-order valence-corrected chi connectivity index (χ0v) is 10.8. The van der Waals surface area contributed by atoms with Crippen LogP contribution in [0, 0.1) is 17.5 Å². The molecule has 7 heteroatoms. The number of benzene rings is 1. The Balaban J connectivity index is 2.35. The van der Waals surface area contributed by atoms with Gasteiger partial charge in [0.25, 0.3) is 0 Å². The number of nitrogens with zero attached hydrogens (tertiary/aromatic N) is 1. The number of amides is 1. The maximum atomic E-state index is 13.3. The lowest BCUT2D eigenvalue weighted by molar-refractivity contribution is -0.123. The summed E-state index contributed by atoms with van der Waals surface area (Å²) in [5.41, 5.74) is 5.39. The summed E-state index contributed by atoms with van der Waals surface area (Å²) in [6, 6.07) is 0.692. The first kappa shape index (κ1) is 14.8. The lowest BCUT2D eigenvalue weighted by Crippen LogP contribution is -2.40. The Kier molecular flexibility index (Phi) is 4.61. The van der Waals surface area contributed by atoms with Crippen LogP contribution in [0.3, 0.4) is 0 Å². The maximum absolute atomic E-state index is 13.3. The number of halogens is 3. The summed E-state index contributed by atoms with van der Waals surface area (Å²) in [5, 5.41) is 3.15. The van der Waals surface area contributed by atoms with Gasteiger partial charge in [0.05, 0.1) is 0 Å². The van der Waals surface area contributed by atoms with Gasteiger partial charge in [-0.3, -0.25) is 9.69 Å². The second-order valence-electron chi connectivity index (χ2n) is 4.74. The largest absolute Gasteiger partial charge is 0.368 e. The number of primary amides is 1. The zero-order chi connectivity index (χ0) is 14.7. The molecule has 1 amide bonds. The molecule has 0 bridgehead atoms. The van der Waals surface area contributed by atoms with E-state index in [-0.39, 0.29) is 5.56 Å². The fourth-order valence-electron chi connectivity index (χ4n) is 2.41. The first-order valence-electron chi connectivity index (χ1n) is 6.39. The van der Waals surface area contributed by atoms with Crippen LogP contribution in [0.1, 0.15) is 18.0 Å². The minimum atomic E-state index is -1.55. The number of carbonyl (C=O) groups is 1. The molecule has 0 aliphatic carbocycles. The number of nitrogens with two attached hydrogens (primary N) is 1. The summed E-state index contributed by atoms with van der Waals surface area (Å²) >= 11 is 0. The van der Waals surface area contributed by atoms with Crippen LogP contribution < -0.4 is 11.1 Å². The molecule has 3 N–H and O–H groups in total. The van der Waals surface area contributed by atoms with Gasteiger partial charge in [-0.1, -0.05) is 0 Å². The second kappa shape index (κ2) is 6.23. The number of rotatable bonds is 3. The Bertz CT molecular complexity index is 479. The average molecular weight is 287 g/mol. The predicted octanol–water partition coefficient (Wildman–Crippen LogP) is 0.926. The van der Waals surface area contributed by atoms with Crippen molar-refractivity contribution >= 4 is 5.91 Å². The molecule has 0 saturated carbocycles. The second-order valence-corrected chi connectivity index (χ2v) is 4.74. The van der Waals surface area contributed by atoms with Gasteiger partial charge < -0.3 is 11.1 Å². The third-order valence-corrected chi connectivity index (χ3v) is 3.33. The van der Waals surface area contributed by atoms with Crippen LogP contribution in [-0.2, 0) is 4.79 Å². The summed E-state index contributed by atoms with van der Waals surface area (Å²) < 4.78 is 39.6. The lowest BCUT2D eigenvalue weighted by Gasteiger charge is -2.28. The van der Waals surface area contributed by atoms with Crippen molar-refractivity contribution in [3.05, 3.63) is 35.1 Å². The standard InChI is InChI=1S/C13H16F3N3O/c14-9-6-8(7-10(15)11(9)16)12(13(17)20)19-4-1-2-18-3-5-19/h6-7,12,18H,1-5H2,(H2,17,20). The summed E-state index contributed by atoms with van der Waals surface area (Å²) in [4.78, 5) is 13.4. The van der Waals surface area contributed by atoms with Gasteiger partial charge in [-0.2, -0.15) is 0 Å². The minimum absolute atomic E-state index is 0.0378. The zero-order valence-electron chi connectivity index (χ0n) is 10.8. The topological polar surface area (TPSA) is 58.4 Å². The van der Waals surface area contributed by atoms with Crippen molar-refractivity contribution in [1.29, 1.82) is 0 Å². The van der Waals surface area contributed by atoms with E-state index in [1.165, 1.54) is 0 Å². The monoisotopic (exact) mass is 287 g/mol. The highest BCUT2D eigenvalue weighted by Crippen LogP contribution is 2.24. The van der Waals surface area contributed by atoms with Crippen LogP contribution in [0.4, 0.5) is 13.2 Å². The van der Waals surface area contributed by atoms with E-state index in [0.717, 1.165) is 25.1 Å². The van der Waals surface area contributed by atoms with Crippen LogP contribution in [-0.4, -0.2) is 37.0 Å². The fourth-order valence-corrected chi connectivity index (χ4v) is 2.41. The van der Waals surface area contributed by atoms with Gasteiger partial charge in [0.15, 0.2) is 17.5 Å². The third-order valence-electron chi connectivity index (χ3n) is 3.33. The Morgan fingerprint density at radius 1 is 1.20 bits per heavy atom. The van der Waals surface area contributed by atoms with E-state index < -0.39 is 29.4 Å². The molecule has 0 radical (unpaired) electrons. The number of hydrogen-bond donors (Lipinski definition) is 2. The maximum Gasteiger partial charge on any atom is 0.239 e. The molecular weight excluding hydrogens is 271 g/mol. The molecule has 1 aromatic carbocycles. The summed E-state index contributed by atoms with van der Waals surface area (Å²) in [7, 11) is 0. The Labute approximate surface area is 114 Å². The van der Waals surface area contributed by atoms with Crippen LogP contribution in [0.2, 0.25) is 0 Å². The number of nitrogens with one attached hydrogen (secondary N) is 1. The van der Waals surface area contributed by atoms with Crippen molar-refractivity contribution in [3.8, 4) is 0 Å². The van der Waals surface area contributed by atoms with Crippen LogP contribution >= 0.6 is 0 Å². The molecule has 20 heavy (non-hydrogen) atoms. The molecule has 2 rings (SSSR count). The van der Waals surface area contributed by atoms with Crippen molar-refractivity contribution in [2.24, 2.45) is 5.73 Å². The Morgan fingerprint density at radius 2 is 1.85 bits per heavy atom. The van der Waals surface area contributed by atoms with Gasteiger partial charge in [0.2, 0.25) is 5.91 Å². The fraction of sp³-hybridized carbons (Fsp3) is 0.462. The summed E-state index contributed by atoms with van der Waals surface area (Å²) in [5.74, 6) is -4.90. The van der Waals surface area contributed by atoms with Crippen molar-refractivity contribution in [2.75, 3.05) is 26.2 Å².